The maximum absolute atomic E-state index is 12.8. The molecule has 2 aromatic rings. The largest absolute Gasteiger partial charge is 0.372 e. The molecule has 0 spiro atoms. The molecule has 30 heavy (non-hydrogen) atoms. The Bertz CT molecular complexity index is 1020. The van der Waals surface area contributed by atoms with Crippen LogP contribution in [0.5, 0.6) is 0 Å². The first-order valence-corrected chi connectivity index (χ1v) is 10.5. The summed E-state index contributed by atoms with van der Waals surface area (Å²) in [6.07, 6.45) is 5.40. The Morgan fingerprint density at radius 3 is 2.47 bits per heavy atom. The van der Waals surface area contributed by atoms with Crippen LogP contribution in [0.3, 0.4) is 0 Å². The summed E-state index contributed by atoms with van der Waals surface area (Å²) in [4.78, 5) is 30.2. The van der Waals surface area contributed by atoms with Crippen molar-refractivity contribution in [2.45, 2.75) is 39.2 Å². The molecule has 158 valence electrons. The molecule has 1 unspecified atom stereocenters. The van der Waals surface area contributed by atoms with E-state index in [9.17, 15) is 9.59 Å². The van der Waals surface area contributed by atoms with Crippen molar-refractivity contribution in [1.29, 1.82) is 0 Å². The Morgan fingerprint density at radius 1 is 1.13 bits per heavy atom. The highest BCUT2D eigenvalue weighted by molar-refractivity contribution is 6.04. The minimum Gasteiger partial charge on any atom is -0.372 e. The van der Waals surface area contributed by atoms with Gasteiger partial charge < -0.3 is 20.2 Å². The first-order chi connectivity index (χ1) is 14.4. The van der Waals surface area contributed by atoms with Gasteiger partial charge in [-0.15, -0.1) is 0 Å². The molecule has 4 rings (SSSR count). The number of H-pyrrole nitrogens is 1. The summed E-state index contributed by atoms with van der Waals surface area (Å²) in [5.41, 5.74) is 7.99. The molecule has 0 saturated carbocycles. The summed E-state index contributed by atoms with van der Waals surface area (Å²) < 4.78 is 0. The normalized spacial score (nSPS) is 19.4. The third kappa shape index (κ3) is 3.98. The van der Waals surface area contributed by atoms with E-state index in [0.29, 0.717) is 5.56 Å². The third-order valence-corrected chi connectivity index (χ3v) is 6.03. The van der Waals surface area contributed by atoms with Crippen LogP contribution in [0.1, 0.15) is 49.0 Å². The highest BCUT2D eigenvalue weighted by Crippen LogP contribution is 2.29. The van der Waals surface area contributed by atoms with Gasteiger partial charge in [0.25, 0.3) is 11.5 Å². The number of hydrogen-bond donors (Lipinski definition) is 3. The van der Waals surface area contributed by atoms with Gasteiger partial charge in [-0.3, -0.25) is 9.59 Å². The van der Waals surface area contributed by atoms with Gasteiger partial charge in [-0.2, -0.15) is 0 Å². The summed E-state index contributed by atoms with van der Waals surface area (Å²) in [6.45, 7) is 6.21. The Balaban J connectivity index is 1.53. The number of amides is 1. The number of hydrazine groups is 1. The standard InChI is InChI=1S/C23H29N5O2/c1-15-21(16(2)27(3)26-15)18-13-20(23(30)24-14-18)25-22(29)17-7-9-19(10-8-17)28-11-5-4-6-12-28/h7-10,13-15,26H,4-6,11-12H2,1-3H3,(H,24,30)(H,25,29). The van der Waals surface area contributed by atoms with Crippen molar-refractivity contribution < 1.29 is 4.79 Å². The van der Waals surface area contributed by atoms with Crippen molar-refractivity contribution >= 4 is 22.9 Å². The minimum atomic E-state index is -0.317. The van der Waals surface area contributed by atoms with Crippen molar-refractivity contribution in [3.05, 3.63) is 63.7 Å². The van der Waals surface area contributed by atoms with Crippen molar-refractivity contribution in [1.82, 2.24) is 15.4 Å². The summed E-state index contributed by atoms with van der Waals surface area (Å²) in [7, 11) is 1.96. The lowest BCUT2D eigenvalue weighted by molar-refractivity contribution is 0.102. The number of rotatable bonds is 4. The van der Waals surface area contributed by atoms with E-state index in [1.165, 1.54) is 19.3 Å². The summed E-state index contributed by atoms with van der Waals surface area (Å²) in [5.74, 6) is -0.289. The monoisotopic (exact) mass is 407 g/mol. The molecule has 0 bridgehead atoms. The molecule has 0 aliphatic carbocycles. The fraction of sp³-hybridized carbons (Fsp3) is 0.391. The number of hydrogen-bond acceptors (Lipinski definition) is 5. The minimum absolute atomic E-state index is 0.117. The highest BCUT2D eigenvalue weighted by atomic mass is 16.2. The molecule has 1 saturated heterocycles. The zero-order chi connectivity index (χ0) is 21.3. The Hall–Kier alpha value is -3.06. The van der Waals surface area contributed by atoms with E-state index >= 15 is 0 Å². The van der Waals surface area contributed by atoms with E-state index in [2.05, 4.69) is 27.6 Å². The van der Waals surface area contributed by atoms with E-state index in [-0.39, 0.29) is 23.2 Å². The van der Waals surface area contributed by atoms with Crippen LogP contribution in [0.4, 0.5) is 11.4 Å². The second kappa shape index (κ2) is 8.36. The number of aromatic nitrogens is 1. The molecule has 3 heterocycles. The number of carbonyl (C=O) groups excluding carboxylic acids is 1. The van der Waals surface area contributed by atoms with Crippen LogP contribution in [-0.2, 0) is 0 Å². The molecule has 0 radical (unpaired) electrons. The first kappa shape index (κ1) is 20.2. The zero-order valence-corrected chi connectivity index (χ0v) is 17.8. The van der Waals surface area contributed by atoms with Crippen molar-refractivity contribution in [3.8, 4) is 0 Å². The molecule has 1 amide bonds. The molecule has 7 nitrogen and oxygen atoms in total. The predicted molar refractivity (Wildman–Crippen MR) is 120 cm³/mol. The maximum atomic E-state index is 12.8. The number of nitrogens with zero attached hydrogens (tertiary/aromatic N) is 2. The first-order valence-electron chi connectivity index (χ1n) is 10.5. The lowest BCUT2D eigenvalue weighted by Gasteiger charge is -2.28. The van der Waals surface area contributed by atoms with Gasteiger partial charge in [-0.25, -0.2) is 5.43 Å². The molecule has 3 N–H and O–H groups in total. The SMILES string of the molecule is CC1=C(c2c[nH]c(=O)c(NC(=O)c3ccc(N4CCCCC4)cc3)c2)C(C)NN1C. The number of benzene rings is 1. The van der Waals surface area contributed by atoms with Crippen LogP contribution < -0.4 is 21.2 Å². The van der Waals surface area contributed by atoms with E-state index in [1.54, 1.807) is 12.3 Å². The number of piperidine rings is 1. The number of pyridine rings is 1. The predicted octanol–water partition coefficient (Wildman–Crippen LogP) is 3.19. The lowest BCUT2D eigenvalue weighted by atomic mass is 10.0. The molecule has 7 heteroatoms. The molecule has 1 aromatic heterocycles. The quantitative estimate of drug-likeness (QED) is 0.725. The molecular weight excluding hydrogens is 378 g/mol. The molecule has 1 aromatic carbocycles. The topological polar surface area (TPSA) is 80.5 Å². The van der Waals surface area contributed by atoms with Gasteiger partial charge in [-0.05, 0) is 74.6 Å². The van der Waals surface area contributed by atoms with Crippen LogP contribution in [0.15, 0.2) is 47.0 Å². The molecule has 1 atom stereocenters. The van der Waals surface area contributed by atoms with E-state index < -0.39 is 0 Å². The zero-order valence-electron chi connectivity index (χ0n) is 17.8. The van der Waals surface area contributed by atoms with E-state index in [4.69, 9.17) is 0 Å². The van der Waals surface area contributed by atoms with Gasteiger partial charge in [-0.1, -0.05) is 0 Å². The van der Waals surface area contributed by atoms with Crippen LogP contribution >= 0.6 is 0 Å². The average molecular weight is 408 g/mol. The smallest absolute Gasteiger partial charge is 0.271 e. The van der Waals surface area contributed by atoms with Crippen molar-refractivity contribution in [3.63, 3.8) is 0 Å². The average Bonchev–Trinajstić information content (AvgIpc) is 3.02. The molecular formula is C23H29N5O2. The molecule has 2 aliphatic heterocycles. The second-order valence-corrected chi connectivity index (χ2v) is 8.09. The number of allylic oxidation sites excluding steroid dienone is 1. The number of carbonyl (C=O) groups is 1. The van der Waals surface area contributed by atoms with Gasteiger partial charge in [0.05, 0.1) is 6.04 Å². The Kier molecular flexibility index (Phi) is 5.63. The summed E-state index contributed by atoms with van der Waals surface area (Å²) >= 11 is 0. The second-order valence-electron chi connectivity index (χ2n) is 8.09. The van der Waals surface area contributed by atoms with Gasteiger partial charge in [0, 0.05) is 43.3 Å². The Labute approximate surface area is 176 Å². The Morgan fingerprint density at radius 2 is 1.83 bits per heavy atom. The van der Waals surface area contributed by atoms with Crippen molar-refractivity contribution in [2.24, 2.45) is 0 Å². The third-order valence-electron chi connectivity index (χ3n) is 6.03. The van der Waals surface area contributed by atoms with Crippen LogP contribution in [-0.4, -0.2) is 42.1 Å². The van der Waals surface area contributed by atoms with E-state index in [1.807, 2.05) is 43.2 Å². The van der Waals surface area contributed by atoms with Crippen LogP contribution in [0.25, 0.3) is 5.57 Å². The van der Waals surface area contributed by atoms with Crippen molar-refractivity contribution in [2.75, 3.05) is 30.4 Å². The highest BCUT2D eigenvalue weighted by Gasteiger charge is 2.25. The van der Waals surface area contributed by atoms with E-state index in [0.717, 1.165) is 35.6 Å². The van der Waals surface area contributed by atoms with Gasteiger partial charge in [0.2, 0.25) is 0 Å². The molecule has 2 aliphatic rings. The van der Waals surface area contributed by atoms with Gasteiger partial charge >= 0.3 is 0 Å². The fourth-order valence-corrected chi connectivity index (χ4v) is 4.31. The summed E-state index contributed by atoms with van der Waals surface area (Å²) in [6, 6.07) is 9.47. The van der Waals surface area contributed by atoms with Gasteiger partial charge in [0.1, 0.15) is 5.69 Å². The fourth-order valence-electron chi connectivity index (χ4n) is 4.31. The summed E-state index contributed by atoms with van der Waals surface area (Å²) in [5, 5.41) is 4.74. The van der Waals surface area contributed by atoms with Crippen LogP contribution in [0.2, 0.25) is 0 Å². The van der Waals surface area contributed by atoms with Gasteiger partial charge in [0.15, 0.2) is 0 Å². The molecule has 1 fully saturated rings. The number of nitrogens with one attached hydrogen (secondary N) is 3. The lowest BCUT2D eigenvalue weighted by Crippen LogP contribution is -2.32. The maximum Gasteiger partial charge on any atom is 0.271 e. The van der Waals surface area contributed by atoms with Crippen LogP contribution in [0, 0.1) is 0 Å². The number of anilines is 2. The number of aromatic amines is 1.